The fourth-order valence-electron chi connectivity index (χ4n) is 6.06. The summed E-state index contributed by atoms with van der Waals surface area (Å²) in [4.78, 5) is 0. The zero-order valence-electron chi connectivity index (χ0n) is 21.3. The Kier molecular flexibility index (Phi) is 5.61. The number of fused-ring (bicyclic) bond motifs is 3. The molecule has 6 rings (SSSR count). The molecule has 1 aliphatic carbocycles. The number of benzene rings is 3. The van der Waals surface area contributed by atoms with E-state index in [0.29, 0.717) is 11.5 Å². The van der Waals surface area contributed by atoms with E-state index in [1.807, 2.05) is 12.1 Å². The van der Waals surface area contributed by atoms with E-state index in [2.05, 4.69) is 86.3 Å². The first-order valence-electron chi connectivity index (χ1n) is 13.0. The van der Waals surface area contributed by atoms with Gasteiger partial charge in [-0.25, -0.2) is 4.57 Å². The van der Waals surface area contributed by atoms with Crippen molar-refractivity contribution in [3.8, 4) is 28.5 Å². The van der Waals surface area contributed by atoms with E-state index in [1.165, 1.54) is 48.8 Å². The minimum atomic E-state index is 0.645. The first-order valence-corrected chi connectivity index (χ1v) is 13.0. The monoisotopic (exact) mass is 471 g/mol. The van der Waals surface area contributed by atoms with Gasteiger partial charge in [-0.05, 0) is 67.5 Å². The lowest BCUT2D eigenvalue weighted by Gasteiger charge is -2.22. The number of furan rings is 1. The normalized spacial score (nSPS) is 14.4. The van der Waals surface area contributed by atoms with E-state index in [4.69, 9.17) is 4.42 Å². The number of aromatic nitrogens is 1. The molecule has 2 aromatic heterocycles. The van der Waals surface area contributed by atoms with Crippen LogP contribution in [-0.4, -0.2) is 0 Å². The van der Waals surface area contributed by atoms with Crippen LogP contribution in [0.3, 0.4) is 0 Å². The molecule has 1 aliphatic rings. The average molecular weight is 472 g/mol. The number of rotatable bonds is 3. The van der Waals surface area contributed by atoms with E-state index in [9.17, 15) is 5.26 Å². The van der Waals surface area contributed by atoms with E-state index in [0.717, 1.165) is 44.3 Å². The molecule has 3 aromatic carbocycles. The summed E-state index contributed by atoms with van der Waals surface area (Å²) in [6, 6.07) is 23.9. The molecular formula is C33H31N2O+. The minimum absolute atomic E-state index is 0.645. The van der Waals surface area contributed by atoms with Crippen LogP contribution in [0.1, 0.15) is 60.3 Å². The average Bonchev–Trinajstić information content (AvgIpc) is 3.28. The molecule has 0 amide bonds. The molecule has 3 nitrogen and oxygen atoms in total. The number of nitriles is 1. The Hall–Kier alpha value is -3.90. The standard InChI is InChI=1S/C33H31N2O/c1-21-9-18-29(35(3)20-21)30-22(2)10-16-27-28-17-15-26(19-34)31(33(28)36-32(27)30)25-13-11-24(12-14-25)23-7-5-4-6-8-23/h9-18,20,23H,4-8H2,1-3H3/q+1. The summed E-state index contributed by atoms with van der Waals surface area (Å²) >= 11 is 0. The lowest BCUT2D eigenvalue weighted by Crippen LogP contribution is -2.31. The van der Waals surface area contributed by atoms with Gasteiger partial charge in [0.1, 0.15) is 18.2 Å². The molecular weight excluding hydrogens is 440 g/mol. The van der Waals surface area contributed by atoms with Crippen molar-refractivity contribution in [1.82, 2.24) is 0 Å². The van der Waals surface area contributed by atoms with Gasteiger partial charge < -0.3 is 4.42 Å². The molecule has 1 saturated carbocycles. The number of hydrogen-bond acceptors (Lipinski definition) is 2. The highest BCUT2D eigenvalue weighted by molar-refractivity contribution is 6.14. The van der Waals surface area contributed by atoms with Crippen molar-refractivity contribution in [2.45, 2.75) is 51.9 Å². The highest BCUT2D eigenvalue weighted by Gasteiger charge is 2.23. The molecule has 1 fully saturated rings. The first kappa shape index (κ1) is 22.6. The Morgan fingerprint density at radius 1 is 0.806 bits per heavy atom. The molecule has 0 spiro atoms. The summed E-state index contributed by atoms with van der Waals surface area (Å²) in [6.07, 6.45) is 8.70. The Bertz CT molecular complexity index is 1640. The third-order valence-corrected chi connectivity index (χ3v) is 7.95. The molecule has 3 heteroatoms. The van der Waals surface area contributed by atoms with Crippen LogP contribution in [0, 0.1) is 25.2 Å². The molecule has 0 atom stereocenters. The molecule has 0 unspecified atom stereocenters. The Morgan fingerprint density at radius 2 is 1.50 bits per heavy atom. The zero-order valence-corrected chi connectivity index (χ0v) is 21.3. The Morgan fingerprint density at radius 3 is 2.19 bits per heavy atom. The van der Waals surface area contributed by atoms with Crippen molar-refractivity contribution in [3.63, 3.8) is 0 Å². The van der Waals surface area contributed by atoms with Gasteiger partial charge in [-0.3, -0.25) is 0 Å². The van der Waals surface area contributed by atoms with Gasteiger partial charge in [-0.2, -0.15) is 5.26 Å². The van der Waals surface area contributed by atoms with Crippen LogP contribution in [0.5, 0.6) is 0 Å². The second kappa shape index (κ2) is 8.95. The summed E-state index contributed by atoms with van der Waals surface area (Å²) in [7, 11) is 2.08. The van der Waals surface area contributed by atoms with E-state index < -0.39 is 0 Å². The van der Waals surface area contributed by atoms with Crippen molar-refractivity contribution in [1.29, 1.82) is 5.26 Å². The second-order valence-corrected chi connectivity index (χ2v) is 10.4. The van der Waals surface area contributed by atoms with Gasteiger partial charge in [-0.15, -0.1) is 0 Å². The zero-order chi connectivity index (χ0) is 24.8. The van der Waals surface area contributed by atoms with Gasteiger partial charge >= 0.3 is 0 Å². The number of aryl methyl sites for hydroxylation is 3. The maximum atomic E-state index is 10.0. The molecule has 0 bridgehead atoms. The third-order valence-electron chi connectivity index (χ3n) is 7.95. The Labute approximate surface area is 212 Å². The van der Waals surface area contributed by atoms with E-state index >= 15 is 0 Å². The van der Waals surface area contributed by atoms with Crippen molar-refractivity contribution in [2.24, 2.45) is 7.05 Å². The van der Waals surface area contributed by atoms with Gasteiger partial charge in [0, 0.05) is 28.0 Å². The van der Waals surface area contributed by atoms with Gasteiger partial charge in [-0.1, -0.05) is 55.7 Å². The van der Waals surface area contributed by atoms with Gasteiger partial charge in [0.25, 0.3) is 0 Å². The maximum absolute atomic E-state index is 10.0. The van der Waals surface area contributed by atoms with Crippen LogP contribution in [0.25, 0.3) is 44.3 Å². The molecule has 0 N–H and O–H groups in total. The SMILES string of the molecule is Cc1ccc(-c2c(C)ccc3c2oc2c(-c4ccc(C5CCCCC5)cc4)c(C#N)ccc23)[n+](C)c1. The van der Waals surface area contributed by atoms with E-state index in [-0.39, 0.29) is 0 Å². The fraction of sp³-hybridized carbons (Fsp3) is 0.273. The molecule has 0 saturated heterocycles. The summed E-state index contributed by atoms with van der Waals surface area (Å²) in [5.74, 6) is 0.658. The van der Waals surface area contributed by atoms with Crippen LogP contribution in [-0.2, 0) is 7.05 Å². The van der Waals surface area contributed by atoms with Crippen molar-refractivity contribution >= 4 is 21.9 Å². The summed E-state index contributed by atoms with van der Waals surface area (Å²) in [5.41, 5.74) is 10.2. The quantitative estimate of drug-likeness (QED) is 0.248. The highest BCUT2D eigenvalue weighted by atomic mass is 16.3. The number of pyridine rings is 1. The smallest absolute Gasteiger partial charge is 0.216 e. The van der Waals surface area contributed by atoms with Crippen molar-refractivity contribution in [3.05, 3.63) is 89.1 Å². The highest BCUT2D eigenvalue weighted by Crippen LogP contribution is 2.42. The van der Waals surface area contributed by atoms with Crippen LogP contribution < -0.4 is 4.57 Å². The minimum Gasteiger partial charge on any atom is -0.454 e. The predicted octanol–water partition coefficient (Wildman–Crippen LogP) is 8.28. The molecule has 2 heterocycles. The third kappa shape index (κ3) is 3.69. The van der Waals surface area contributed by atoms with Crippen LogP contribution in [0.15, 0.2) is 71.3 Å². The summed E-state index contributed by atoms with van der Waals surface area (Å²) in [6.45, 7) is 4.24. The Balaban J connectivity index is 1.56. The van der Waals surface area contributed by atoms with Crippen LogP contribution >= 0.6 is 0 Å². The predicted molar refractivity (Wildman–Crippen MR) is 146 cm³/mol. The van der Waals surface area contributed by atoms with E-state index in [1.54, 1.807) is 0 Å². The van der Waals surface area contributed by atoms with Gasteiger partial charge in [0.05, 0.1) is 17.2 Å². The topological polar surface area (TPSA) is 40.8 Å². The molecule has 178 valence electrons. The lowest BCUT2D eigenvalue weighted by molar-refractivity contribution is -0.660. The molecule has 0 aliphatic heterocycles. The number of hydrogen-bond donors (Lipinski definition) is 0. The molecule has 0 radical (unpaired) electrons. The second-order valence-electron chi connectivity index (χ2n) is 10.4. The largest absolute Gasteiger partial charge is 0.454 e. The maximum Gasteiger partial charge on any atom is 0.216 e. The summed E-state index contributed by atoms with van der Waals surface area (Å²) in [5, 5.41) is 12.1. The van der Waals surface area contributed by atoms with Crippen molar-refractivity contribution < 1.29 is 8.98 Å². The van der Waals surface area contributed by atoms with Gasteiger partial charge in [0.15, 0.2) is 6.20 Å². The van der Waals surface area contributed by atoms with Gasteiger partial charge in [0.2, 0.25) is 5.69 Å². The molecule has 36 heavy (non-hydrogen) atoms. The molecule has 5 aromatic rings. The number of nitrogens with zero attached hydrogens (tertiary/aromatic N) is 2. The summed E-state index contributed by atoms with van der Waals surface area (Å²) < 4.78 is 8.88. The first-order chi connectivity index (χ1) is 17.5. The van der Waals surface area contributed by atoms with Crippen LogP contribution in [0.4, 0.5) is 0 Å². The fourth-order valence-corrected chi connectivity index (χ4v) is 6.06. The van der Waals surface area contributed by atoms with Crippen molar-refractivity contribution in [2.75, 3.05) is 0 Å². The van der Waals surface area contributed by atoms with Crippen LogP contribution in [0.2, 0.25) is 0 Å². The lowest BCUT2D eigenvalue weighted by atomic mass is 9.83.